The number of hydrogen-bond acceptors (Lipinski definition) is 2. The molecule has 2 nitrogen and oxygen atoms in total. The van der Waals surface area contributed by atoms with Crippen LogP contribution < -0.4 is 5.32 Å². The van der Waals surface area contributed by atoms with Crippen LogP contribution in [-0.2, 0) is 6.42 Å². The predicted octanol–water partition coefficient (Wildman–Crippen LogP) is 2.29. The van der Waals surface area contributed by atoms with Gasteiger partial charge in [0.15, 0.2) is 0 Å². The van der Waals surface area contributed by atoms with Crippen molar-refractivity contribution < 1.29 is 5.11 Å². The van der Waals surface area contributed by atoms with Gasteiger partial charge in [-0.15, -0.1) is 0 Å². The lowest BCUT2D eigenvalue weighted by atomic mass is 10.0. The highest BCUT2D eigenvalue weighted by molar-refractivity contribution is 5.25. The second-order valence-electron chi connectivity index (χ2n) is 4.68. The highest BCUT2D eigenvalue weighted by atomic mass is 16.3. The molecule has 0 bridgehead atoms. The third-order valence-corrected chi connectivity index (χ3v) is 2.77. The van der Waals surface area contributed by atoms with Gasteiger partial charge < -0.3 is 10.4 Å². The molecule has 0 heterocycles. The predicted molar refractivity (Wildman–Crippen MR) is 68.6 cm³/mol. The lowest BCUT2D eigenvalue weighted by Crippen LogP contribution is -2.32. The molecular weight excluding hydrogens is 198 g/mol. The van der Waals surface area contributed by atoms with Gasteiger partial charge in [0.1, 0.15) is 0 Å². The molecule has 0 aromatic heterocycles. The molecule has 1 unspecified atom stereocenters. The van der Waals surface area contributed by atoms with Gasteiger partial charge in [0, 0.05) is 12.6 Å². The molecule has 1 atom stereocenters. The number of benzene rings is 1. The molecule has 1 aromatic carbocycles. The molecule has 0 amide bonds. The van der Waals surface area contributed by atoms with Crippen LogP contribution in [0.4, 0.5) is 0 Å². The summed E-state index contributed by atoms with van der Waals surface area (Å²) in [6.45, 7) is 6.99. The minimum atomic E-state index is -0.248. The zero-order valence-electron chi connectivity index (χ0n) is 10.5. The number of aliphatic hydroxyl groups is 1. The molecule has 0 saturated carbocycles. The Morgan fingerprint density at radius 3 is 2.56 bits per heavy atom. The summed E-state index contributed by atoms with van der Waals surface area (Å²) in [6.07, 6.45) is 1.53. The van der Waals surface area contributed by atoms with Crippen LogP contribution in [0, 0.1) is 6.92 Å². The summed E-state index contributed by atoms with van der Waals surface area (Å²) in [6, 6.07) is 8.80. The highest BCUT2D eigenvalue weighted by Crippen LogP contribution is 2.10. The number of hydrogen-bond donors (Lipinski definition) is 2. The van der Waals surface area contributed by atoms with E-state index < -0.39 is 0 Å². The second-order valence-corrected chi connectivity index (χ2v) is 4.68. The maximum Gasteiger partial charge on any atom is 0.0667 e. The van der Waals surface area contributed by atoms with E-state index in [-0.39, 0.29) is 6.10 Å². The summed E-state index contributed by atoms with van der Waals surface area (Å²) in [4.78, 5) is 0. The summed E-state index contributed by atoms with van der Waals surface area (Å²) in [5, 5.41) is 13.0. The van der Waals surface area contributed by atoms with Crippen molar-refractivity contribution in [2.45, 2.75) is 45.8 Å². The number of rotatable bonds is 6. The molecule has 0 aliphatic heterocycles. The van der Waals surface area contributed by atoms with Crippen LogP contribution in [0.2, 0.25) is 0 Å². The summed E-state index contributed by atoms with van der Waals surface area (Å²) >= 11 is 0. The second kappa shape index (κ2) is 6.66. The van der Waals surface area contributed by atoms with Gasteiger partial charge in [-0.05, 0) is 30.9 Å². The van der Waals surface area contributed by atoms with E-state index in [2.05, 4.69) is 50.4 Å². The van der Waals surface area contributed by atoms with E-state index in [1.807, 2.05) is 0 Å². The quantitative estimate of drug-likeness (QED) is 0.772. The third-order valence-electron chi connectivity index (χ3n) is 2.77. The molecule has 2 heteroatoms. The monoisotopic (exact) mass is 221 g/mol. The minimum absolute atomic E-state index is 0.248. The number of aryl methyl sites for hydroxylation is 2. The van der Waals surface area contributed by atoms with Crippen LogP contribution in [0.3, 0.4) is 0 Å². The van der Waals surface area contributed by atoms with Crippen molar-refractivity contribution in [3.63, 3.8) is 0 Å². The van der Waals surface area contributed by atoms with Gasteiger partial charge in [-0.1, -0.05) is 38.1 Å². The summed E-state index contributed by atoms with van der Waals surface area (Å²) in [5.74, 6) is 0. The van der Waals surface area contributed by atoms with Crippen molar-refractivity contribution in [1.82, 2.24) is 5.32 Å². The average molecular weight is 221 g/mol. The standard InChI is InChI=1S/C14H23NO/c1-11(2)15-10-14(16)9-8-13-7-5-4-6-12(13)3/h4-7,11,14-16H,8-10H2,1-3H3. The van der Waals surface area contributed by atoms with Crippen molar-refractivity contribution >= 4 is 0 Å². The number of aliphatic hydroxyl groups excluding tert-OH is 1. The summed E-state index contributed by atoms with van der Waals surface area (Å²) in [7, 11) is 0. The first-order valence-electron chi connectivity index (χ1n) is 6.05. The first-order valence-corrected chi connectivity index (χ1v) is 6.05. The van der Waals surface area contributed by atoms with Crippen molar-refractivity contribution in [3.05, 3.63) is 35.4 Å². The minimum Gasteiger partial charge on any atom is -0.392 e. The molecule has 0 aliphatic rings. The van der Waals surface area contributed by atoms with Crippen molar-refractivity contribution in [1.29, 1.82) is 0 Å². The Morgan fingerprint density at radius 1 is 1.25 bits per heavy atom. The first kappa shape index (κ1) is 13.2. The Labute approximate surface area is 98.7 Å². The SMILES string of the molecule is Cc1ccccc1CCC(O)CNC(C)C. The highest BCUT2D eigenvalue weighted by Gasteiger charge is 2.06. The van der Waals surface area contributed by atoms with Gasteiger partial charge in [-0.25, -0.2) is 0 Å². The maximum atomic E-state index is 9.79. The molecule has 0 aliphatic carbocycles. The molecule has 0 spiro atoms. The van der Waals surface area contributed by atoms with Gasteiger partial charge in [0.05, 0.1) is 6.10 Å². The molecule has 0 radical (unpaired) electrons. The fourth-order valence-corrected chi connectivity index (χ4v) is 1.69. The van der Waals surface area contributed by atoms with Gasteiger partial charge in [0.25, 0.3) is 0 Å². The van der Waals surface area contributed by atoms with Crippen LogP contribution in [0.1, 0.15) is 31.4 Å². The Kier molecular flexibility index (Phi) is 5.50. The van der Waals surface area contributed by atoms with Gasteiger partial charge in [-0.3, -0.25) is 0 Å². The van der Waals surface area contributed by atoms with Gasteiger partial charge in [0.2, 0.25) is 0 Å². The van der Waals surface area contributed by atoms with Crippen LogP contribution in [-0.4, -0.2) is 23.8 Å². The topological polar surface area (TPSA) is 32.3 Å². The lowest BCUT2D eigenvalue weighted by Gasteiger charge is -2.14. The number of nitrogens with one attached hydrogen (secondary N) is 1. The molecule has 1 aromatic rings. The Morgan fingerprint density at radius 2 is 1.94 bits per heavy atom. The normalized spacial score (nSPS) is 13.1. The van der Waals surface area contributed by atoms with Crippen molar-refractivity contribution in [3.8, 4) is 0 Å². The van der Waals surface area contributed by atoms with Crippen LogP contribution in [0.5, 0.6) is 0 Å². The lowest BCUT2D eigenvalue weighted by molar-refractivity contribution is 0.159. The van der Waals surface area contributed by atoms with E-state index in [0.29, 0.717) is 12.6 Å². The fourth-order valence-electron chi connectivity index (χ4n) is 1.69. The fraction of sp³-hybridized carbons (Fsp3) is 0.571. The maximum absolute atomic E-state index is 9.79. The van der Waals surface area contributed by atoms with E-state index in [4.69, 9.17) is 0 Å². The zero-order valence-corrected chi connectivity index (χ0v) is 10.5. The van der Waals surface area contributed by atoms with Crippen molar-refractivity contribution in [2.75, 3.05) is 6.54 Å². The smallest absolute Gasteiger partial charge is 0.0667 e. The molecule has 1 rings (SSSR count). The third kappa shape index (κ3) is 4.77. The average Bonchev–Trinajstić information content (AvgIpc) is 2.25. The molecule has 0 fully saturated rings. The largest absolute Gasteiger partial charge is 0.392 e. The Balaban J connectivity index is 2.31. The van der Waals surface area contributed by atoms with Gasteiger partial charge >= 0.3 is 0 Å². The molecule has 2 N–H and O–H groups in total. The van der Waals surface area contributed by atoms with E-state index in [1.54, 1.807) is 0 Å². The molecule has 90 valence electrons. The molecule has 16 heavy (non-hydrogen) atoms. The summed E-state index contributed by atoms with van der Waals surface area (Å²) < 4.78 is 0. The molecule has 0 saturated heterocycles. The first-order chi connectivity index (χ1) is 7.59. The molecular formula is C14H23NO. The van der Waals surface area contributed by atoms with Crippen LogP contribution in [0.25, 0.3) is 0 Å². The zero-order chi connectivity index (χ0) is 12.0. The van der Waals surface area contributed by atoms with E-state index in [0.717, 1.165) is 12.8 Å². The summed E-state index contributed by atoms with van der Waals surface area (Å²) in [5.41, 5.74) is 2.65. The van der Waals surface area contributed by atoms with Gasteiger partial charge in [-0.2, -0.15) is 0 Å². The Hall–Kier alpha value is -0.860. The Bertz CT molecular complexity index is 309. The van der Waals surface area contributed by atoms with Crippen molar-refractivity contribution in [2.24, 2.45) is 0 Å². The van der Waals surface area contributed by atoms with Crippen LogP contribution >= 0.6 is 0 Å². The van der Waals surface area contributed by atoms with Crippen LogP contribution in [0.15, 0.2) is 24.3 Å². The van der Waals surface area contributed by atoms with E-state index in [1.165, 1.54) is 11.1 Å². The van der Waals surface area contributed by atoms with E-state index in [9.17, 15) is 5.11 Å². The van der Waals surface area contributed by atoms with E-state index >= 15 is 0 Å².